The van der Waals surface area contributed by atoms with Crippen molar-refractivity contribution in [3.05, 3.63) is 149 Å². The number of benzene rings is 4. The lowest BCUT2D eigenvalue weighted by atomic mass is 9.74. The van der Waals surface area contributed by atoms with Gasteiger partial charge in [-0.05, 0) is 70.7 Å². The third kappa shape index (κ3) is 14.8. The fourth-order valence-electron chi connectivity index (χ4n) is 8.37. The van der Waals surface area contributed by atoms with Crippen molar-refractivity contribution in [2.75, 3.05) is 45.9 Å². The van der Waals surface area contributed by atoms with E-state index in [1.165, 1.54) is 6.08 Å². The lowest BCUT2D eigenvalue weighted by molar-refractivity contribution is -0.141. The van der Waals surface area contributed by atoms with E-state index in [0.29, 0.717) is 50.1 Å². The standard InChI is InChI=1S/C52H60N8O8/c53-25-29-68-30-27-56-49(65)43-23-26-55-46(62)21-22-48(64)60-28-6-24-52(35-60,33-38-7-2-1-3-8-38)51(67)59-44(50(66)57-34-42-10-5-4-9-41(42)32-47(63)58-43)31-37-13-18-40(19-14-37)39-16-11-36(12-17-39)15-20-45(54)61/h1-5,7-22,43-44H,6,23-35,53H2,(H2,54,61)(H,55,62)(H,56,65)(H,57,66)(H,58,63)(H,59,67)/b20-15+,22-21+/t43-,44-,52-/m0/s1. The molecule has 6 rings (SSSR count). The van der Waals surface area contributed by atoms with E-state index in [4.69, 9.17) is 16.2 Å². The van der Waals surface area contributed by atoms with E-state index in [0.717, 1.165) is 40.0 Å². The summed E-state index contributed by atoms with van der Waals surface area (Å²) in [6, 6.07) is 29.8. The highest BCUT2D eigenvalue weighted by Gasteiger charge is 2.44. The number of ether oxygens (including phenoxy) is 1. The first-order valence-electron chi connectivity index (χ1n) is 22.9. The Labute approximate surface area is 396 Å². The molecule has 9 N–H and O–H groups in total. The highest BCUT2D eigenvalue weighted by Crippen LogP contribution is 2.35. The van der Waals surface area contributed by atoms with Gasteiger partial charge in [-0.3, -0.25) is 33.6 Å². The largest absolute Gasteiger partial charge is 0.378 e. The zero-order valence-electron chi connectivity index (χ0n) is 38.0. The van der Waals surface area contributed by atoms with Gasteiger partial charge in [-0.2, -0.15) is 0 Å². The SMILES string of the molecule is NCCOCCNC(=O)[C@@H]1CCNC(=O)/C=C/C(=O)N2CCC[C@](Cc3ccccc3)(C2)C(=O)N[C@@H](Cc2ccc(-c3ccc(/C=C/C(N)=O)cc3)cc2)C(=O)NCc2ccccc2CC(=O)N1. The second-order valence-electron chi connectivity index (χ2n) is 17.0. The van der Waals surface area contributed by atoms with Gasteiger partial charge in [-0.25, -0.2) is 0 Å². The fourth-order valence-corrected chi connectivity index (χ4v) is 8.37. The number of hydrogen-bond donors (Lipinski definition) is 7. The third-order valence-corrected chi connectivity index (χ3v) is 11.9. The molecule has 0 unspecified atom stereocenters. The molecule has 16 heteroatoms. The molecule has 0 spiro atoms. The molecule has 0 aromatic heterocycles. The molecular formula is C52H60N8O8. The van der Waals surface area contributed by atoms with Crippen LogP contribution in [0.15, 0.2) is 121 Å². The molecule has 1 saturated heterocycles. The summed E-state index contributed by atoms with van der Waals surface area (Å²) in [6.45, 7) is 1.47. The van der Waals surface area contributed by atoms with Crippen LogP contribution < -0.4 is 38.1 Å². The van der Waals surface area contributed by atoms with Crippen LogP contribution in [0, 0.1) is 5.41 Å². The van der Waals surface area contributed by atoms with E-state index in [-0.39, 0.29) is 58.0 Å². The number of nitrogens with zero attached hydrogens (tertiary/aromatic N) is 1. The van der Waals surface area contributed by atoms with Crippen LogP contribution in [0.25, 0.3) is 17.2 Å². The van der Waals surface area contributed by atoms with E-state index in [1.807, 2.05) is 78.9 Å². The molecule has 356 valence electrons. The lowest BCUT2D eigenvalue weighted by Crippen LogP contribution is -2.58. The highest BCUT2D eigenvalue weighted by molar-refractivity contribution is 5.97. The molecule has 1 fully saturated rings. The molecule has 0 radical (unpaired) electrons. The normalized spacial score (nSPS) is 20.4. The Kier molecular flexibility index (Phi) is 18.3. The van der Waals surface area contributed by atoms with Crippen molar-refractivity contribution < 1.29 is 38.3 Å². The molecule has 2 aliphatic rings. The van der Waals surface area contributed by atoms with Crippen LogP contribution in [-0.4, -0.2) is 104 Å². The molecule has 0 saturated carbocycles. The van der Waals surface area contributed by atoms with Gasteiger partial charge in [0.2, 0.25) is 41.4 Å². The van der Waals surface area contributed by atoms with Crippen LogP contribution in [0.2, 0.25) is 0 Å². The van der Waals surface area contributed by atoms with Crippen molar-refractivity contribution in [3.63, 3.8) is 0 Å². The molecule has 3 atom stereocenters. The molecule has 7 amide bonds. The minimum absolute atomic E-state index is 0.00397. The first kappa shape index (κ1) is 50.0. The van der Waals surface area contributed by atoms with E-state index in [9.17, 15) is 33.6 Å². The lowest BCUT2D eigenvalue weighted by Gasteiger charge is -2.42. The van der Waals surface area contributed by atoms with Crippen LogP contribution in [0.4, 0.5) is 0 Å². The maximum atomic E-state index is 14.9. The van der Waals surface area contributed by atoms with Gasteiger partial charge < -0.3 is 47.7 Å². The molecule has 16 nitrogen and oxygen atoms in total. The molecule has 2 bridgehead atoms. The van der Waals surface area contributed by atoms with Gasteiger partial charge in [-0.15, -0.1) is 0 Å². The summed E-state index contributed by atoms with van der Waals surface area (Å²) in [5, 5.41) is 14.4. The Morgan fingerprint density at radius 2 is 1.51 bits per heavy atom. The number of rotatable bonds is 13. The molecular weight excluding hydrogens is 865 g/mol. The maximum absolute atomic E-state index is 14.9. The summed E-state index contributed by atoms with van der Waals surface area (Å²) in [6.07, 6.45) is 6.49. The number of hydrogen-bond acceptors (Lipinski definition) is 9. The van der Waals surface area contributed by atoms with Crippen LogP contribution in [0.5, 0.6) is 0 Å². The molecule has 0 aliphatic carbocycles. The van der Waals surface area contributed by atoms with Crippen LogP contribution in [-0.2, 0) is 64.1 Å². The average molecular weight is 925 g/mol. The fraction of sp³-hybridized carbons (Fsp3) is 0.327. The number of nitrogens with two attached hydrogens (primary N) is 2. The van der Waals surface area contributed by atoms with Gasteiger partial charge in [0.15, 0.2) is 0 Å². The van der Waals surface area contributed by atoms with Gasteiger partial charge in [0, 0.05) is 63.9 Å². The number of amides is 7. The Bertz CT molecular complexity index is 2460. The predicted octanol–water partition coefficient (Wildman–Crippen LogP) is 2.24. The monoisotopic (exact) mass is 924 g/mol. The zero-order valence-corrected chi connectivity index (χ0v) is 38.0. The van der Waals surface area contributed by atoms with Crippen molar-refractivity contribution in [2.24, 2.45) is 16.9 Å². The summed E-state index contributed by atoms with van der Waals surface area (Å²) in [4.78, 5) is 95.8. The molecule has 4 aromatic carbocycles. The van der Waals surface area contributed by atoms with Gasteiger partial charge in [0.1, 0.15) is 12.1 Å². The van der Waals surface area contributed by atoms with E-state index >= 15 is 0 Å². The van der Waals surface area contributed by atoms with Gasteiger partial charge in [-0.1, -0.05) is 103 Å². The van der Waals surface area contributed by atoms with Gasteiger partial charge in [0.25, 0.3) is 0 Å². The number of fused-ring (bicyclic) bond motifs is 3. The van der Waals surface area contributed by atoms with Crippen LogP contribution in [0.3, 0.4) is 0 Å². The number of primary amides is 1. The second-order valence-corrected chi connectivity index (χ2v) is 17.0. The summed E-state index contributed by atoms with van der Waals surface area (Å²) in [5.41, 5.74) is 15.2. The van der Waals surface area contributed by atoms with Crippen molar-refractivity contribution in [3.8, 4) is 11.1 Å². The molecule has 68 heavy (non-hydrogen) atoms. The highest BCUT2D eigenvalue weighted by atomic mass is 16.5. The molecule has 4 aromatic rings. The molecule has 2 aliphatic heterocycles. The summed E-state index contributed by atoms with van der Waals surface area (Å²) in [7, 11) is 0. The Morgan fingerprint density at radius 3 is 2.24 bits per heavy atom. The van der Waals surface area contributed by atoms with Crippen molar-refractivity contribution in [1.29, 1.82) is 0 Å². The van der Waals surface area contributed by atoms with Crippen LogP contribution >= 0.6 is 0 Å². The minimum Gasteiger partial charge on any atom is -0.378 e. The predicted molar refractivity (Wildman–Crippen MR) is 258 cm³/mol. The van der Waals surface area contributed by atoms with E-state index in [2.05, 4.69) is 26.6 Å². The summed E-state index contributed by atoms with van der Waals surface area (Å²) < 4.78 is 5.37. The van der Waals surface area contributed by atoms with Crippen molar-refractivity contribution >= 4 is 47.4 Å². The quantitative estimate of drug-likeness (QED) is 0.0767. The topological polar surface area (TPSA) is 244 Å². The Morgan fingerprint density at radius 1 is 0.809 bits per heavy atom. The molecule has 2 heterocycles. The summed E-state index contributed by atoms with van der Waals surface area (Å²) in [5.74, 6) is -3.35. The Hall–Kier alpha value is -7.43. The van der Waals surface area contributed by atoms with E-state index < -0.39 is 52.9 Å². The minimum atomic E-state index is -1.13. The first-order valence-corrected chi connectivity index (χ1v) is 22.9. The van der Waals surface area contributed by atoms with E-state index in [1.54, 1.807) is 35.2 Å². The van der Waals surface area contributed by atoms with Crippen LogP contribution in [0.1, 0.15) is 47.1 Å². The third-order valence-electron chi connectivity index (χ3n) is 11.9. The number of nitrogens with one attached hydrogen (secondary N) is 5. The van der Waals surface area contributed by atoms with Gasteiger partial charge >= 0.3 is 0 Å². The maximum Gasteiger partial charge on any atom is 0.246 e. The van der Waals surface area contributed by atoms with Crippen molar-refractivity contribution in [1.82, 2.24) is 31.5 Å². The smallest absolute Gasteiger partial charge is 0.246 e. The van der Waals surface area contributed by atoms with Crippen molar-refractivity contribution in [2.45, 2.75) is 57.2 Å². The number of carbonyl (C=O) groups excluding carboxylic acids is 7. The number of carbonyl (C=O) groups is 7. The number of piperidine rings is 1. The second kappa shape index (κ2) is 24.9. The first-order chi connectivity index (χ1) is 32.9. The van der Waals surface area contributed by atoms with Gasteiger partial charge in [0.05, 0.1) is 25.0 Å². The summed E-state index contributed by atoms with van der Waals surface area (Å²) >= 11 is 0. The zero-order chi connectivity index (χ0) is 48.3. The Balaban J connectivity index is 1.30. The average Bonchev–Trinajstić information content (AvgIpc) is 3.34.